The van der Waals surface area contributed by atoms with E-state index in [1.54, 1.807) is 0 Å². The van der Waals surface area contributed by atoms with Crippen molar-refractivity contribution >= 4 is 81.2 Å². The minimum atomic E-state index is 0.647. The van der Waals surface area contributed by atoms with Gasteiger partial charge in [0, 0.05) is 42.8 Å². The summed E-state index contributed by atoms with van der Waals surface area (Å²) < 4.78 is 8.85. The first-order chi connectivity index (χ1) is 27.2. The van der Waals surface area contributed by atoms with Crippen LogP contribution < -0.4 is 4.90 Å². The predicted molar refractivity (Wildman–Crippen MR) is 233 cm³/mol. The van der Waals surface area contributed by atoms with Crippen LogP contribution in [0, 0.1) is 0 Å². The smallest absolute Gasteiger partial charge is 0.227 e. The van der Waals surface area contributed by atoms with Gasteiger partial charge in [-0.3, -0.25) is 0 Å². The van der Waals surface area contributed by atoms with Crippen molar-refractivity contribution in [2.75, 3.05) is 4.90 Å². The molecule has 0 aliphatic rings. The van der Waals surface area contributed by atoms with Gasteiger partial charge in [-0.05, 0) is 111 Å². The Morgan fingerprint density at radius 1 is 0.418 bits per heavy atom. The van der Waals surface area contributed by atoms with Gasteiger partial charge in [0.2, 0.25) is 5.89 Å². The van der Waals surface area contributed by atoms with Crippen molar-refractivity contribution < 1.29 is 4.42 Å². The quantitative estimate of drug-likeness (QED) is 0.171. The summed E-state index contributed by atoms with van der Waals surface area (Å²) >= 11 is 1.82. The molecule has 0 atom stereocenters. The van der Waals surface area contributed by atoms with E-state index in [1.165, 1.54) is 64.0 Å². The number of anilines is 3. The number of hydrogen-bond donors (Lipinski definition) is 0. The van der Waals surface area contributed by atoms with Crippen molar-refractivity contribution in [2.45, 2.75) is 0 Å². The number of thiophene rings is 1. The highest BCUT2D eigenvalue weighted by Crippen LogP contribution is 2.43. The molecule has 0 amide bonds. The zero-order chi connectivity index (χ0) is 36.3. The predicted octanol–water partition coefficient (Wildman–Crippen LogP) is 15.0. The fourth-order valence-corrected chi connectivity index (χ4v) is 9.13. The minimum Gasteiger partial charge on any atom is -0.436 e. The maximum atomic E-state index is 6.39. The number of aromatic nitrogens is 1. The van der Waals surface area contributed by atoms with Crippen LogP contribution in [-0.2, 0) is 0 Å². The second-order valence-corrected chi connectivity index (χ2v) is 15.1. The first-order valence-electron chi connectivity index (χ1n) is 18.5. The number of hydrogen-bond acceptors (Lipinski definition) is 4. The third-order valence-corrected chi connectivity index (χ3v) is 11.9. The minimum absolute atomic E-state index is 0.647. The monoisotopic (exact) mass is 720 g/mol. The lowest BCUT2D eigenvalue weighted by atomic mass is 10.0. The fourth-order valence-electron chi connectivity index (χ4n) is 7.88. The third-order valence-electron chi connectivity index (χ3n) is 10.7. The van der Waals surface area contributed by atoms with Crippen molar-refractivity contribution in [3.63, 3.8) is 0 Å². The Balaban J connectivity index is 0.932. The van der Waals surface area contributed by atoms with E-state index >= 15 is 0 Å². The molecule has 2 heterocycles. The molecule has 0 bridgehead atoms. The van der Waals surface area contributed by atoms with Gasteiger partial charge in [-0.25, -0.2) is 4.98 Å². The lowest BCUT2D eigenvalue weighted by Gasteiger charge is -2.26. The number of rotatable bonds is 6. The van der Waals surface area contributed by atoms with Crippen LogP contribution in [0.4, 0.5) is 17.1 Å². The molecule has 0 aliphatic carbocycles. The van der Waals surface area contributed by atoms with Crippen LogP contribution in [0.3, 0.4) is 0 Å². The van der Waals surface area contributed by atoms with Crippen molar-refractivity contribution in [2.24, 2.45) is 0 Å². The summed E-state index contributed by atoms with van der Waals surface area (Å²) in [4.78, 5) is 7.25. The molecule has 0 unspecified atom stereocenters. The molecule has 0 fully saturated rings. The van der Waals surface area contributed by atoms with Crippen molar-refractivity contribution in [1.82, 2.24) is 4.98 Å². The highest BCUT2D eigenvalue weighted by molar-refractivity contribution is 7.26. The maximum absolute atomic E-state index is 6.39. The van der Waals surface area contributed by atoms with E-state index in [0.29, 0.717) is 5.89 Å². The lowest BCUT2D eigenvalue weighted by molar-refractivity contribution is 0.620. The van der Waals surface area contributed by atoms with Gasteiger partial charge in [0.15, 0.2) is 5.58 Å². The van der Waals surface area contributed by atoms with E-state index in [0.717, 1.165) is 33.7 Å². The molecule has 0 saturated heterocycles. The normalized spacial score (nSPS) is 11.6. The number of oxazole rings is 1. The van der Waals surface area contributed by atoms with Gasteiger partial charge in [-0.1, -0.05) is 127 Å². The third kappa shape index (κ3) is 5.54. The van der Waals surface area contributed by atoms with E-state index in [4.69, 9.17) is 9.40 Å². The molecular weight excluding hydrogens is 689 g/mol. The summed E-state index contributed by atoms with van der Waals surface area (Å²) in [5.74, 6) is 0.647. The average Bonchev–Trinajstić information content (AvgIpc) is 3.84. The highest BCUT2D eigenvalue weighted by atomic mass is 32.1. The number of fused-ring (bicyclic) bond motifs is 6. The van der Waals surface area contributed by atoms with Gasteiger partial charge < -0.3 is 9.32 Å². The molecule has 3 nitrogen and oxygen atoms in total. The Bertz CT molecular complexity index is 3200. The molecule has 11 aromatic rings. The first-order valence-corrected chi connectivity index (χ1v) is 19.3. The maximum Gasteiger partial charge on any atom is 0.227 e. The summed E-state index contributed by atoms with van der Waals surface area (Å²) in [7, 11) is 0. The molecule has 4 heteroatoms. The van der Waals surface area contributed by atoms with Crippen molar-refractivity contribution in [3.8, 4) is 33.7 Å². The van der Waals surface area contributed by atoms with E-state index in [9.17, 15) is 0 Å². The van der Waals surface area contributed by atoms with E-state index < -0.39 is 0 Å². The van der Waals surface area contributed by atoms with E-state index in [2.05, 4.69) is 199 Å². The van der Waals surface area contributed by atoms with E-state index in [-0.39, 0.29) is 0 Å². The second kappa shape index (κ2) is 12.8. The van der Waals surface area contributed by atoms with Crippen LogP contribution in [0.1, 0.15) is 0 Å². The van der Waals surface area contributed by atoms with Gasteiger partial charge in [0.25, 0.3) is 0 Å². The molecule has 0 saturated carbocycles. The highest BCUT2D eigenvalue weighted by Gasteiger charge is 2.17. The van der Waals surface area contributed by atoms with Crippen LogP contribution in [0.5, 0.6) is 0 Å². The average molecular weight is 721 g/mol. The van der Waals surface area contributed by atoms with Crippen molar-refractivity contribution in [3.05, 3.63) is 194 Å². The summed E-state index contributed by atoms with van der Waals surface area (Å²) in [6.45, 7) is 0. The standard InChI is InChI=1S/C51H32N2OS/c1-2-13-41(14-3-1)53(42-25-21-35(22-26-42)39-19-17-33-9-4-6-11-37(33)29-39)43-27-23-36(24-28-43)44-15-8-16-45-46-31-48-47(32-49(46)55-50(44)45)52-51(54-48)40-20-18-34-10-5-7-12-38(34)30-40/h1-32H. The second-order valence-electron chi connectivity index (χ2n) is 14.0. The summed E-state index contributed by atoms with van der Waals surface area (Å²) in [6.07, 6.45) is 0. The molecule has 55 heavy (non-hydrogen) atoms. The van der Waals surface area contributed by atoms with Gasteiger partial charge in [-0.15, -0.1) is 11.3 Å². The van der Waals surface area contributed by atoms with Crippen LogP contribution >= 0.6 is 11.3 Å². The van der Waals surface area contributed by atoms with Crippen LogP contribution in [0.25, 0.3) is 86.5 Å². The Hall–Kier alpha value is -7.01. The number of nitrogens with zero attached hydrogens (tertiary/aromatic N) is 2. The van der Waals surface area contributed by atoms with Gasteiger partial charge >= 0.3 is 0 Å². The van der Waals surface area contributed by atoms with Crippen LogP contribution in [0.2, 0.25) is 0 Å². The zero-order valence-corrected chi connectivity index (χ0v) is 30.5. The van der Waals surface area contributed by atoms with Crippen molar-refractivity contribution in [1.29, 1.82) is 0 Å². The van der Waals surface area contributed by atoms with E-state index in [1.807, 2.05) is 11.3 Å². The SMILES string of the molecule is c1ccc(N(c2ccc(-c3ccc4ccccc4c3)cc2)c2ccc(-c3cccc4c3sc3cc5nc(-c6ccc7ccccc7c6)oc5cc34)cc2)cc1. The number of para-hydroxylation sites is 1. The summed E-state index contributed by atoms with van der Waals surface area (Å²) in [5, 5.41) is 7.30. The van der Waals surface area contributed by atoms with Gasteiger partial charge in [-0.2, -0.15) is 0 Å². The molecule has 0 spiro atoms. The zero-order valence-electron chi connectivity index (χ0n) is 29.7. The number of benzene rings is 9. The Morgan fingerprint density at radius 3 is 1.71 bits per heavy atom. The van der Waals surface area contributed by atoms with Crippen LogP contribution in [0.15, 0.2) is 199 Å². The fraction of sp³-hybridized carbons (Fsp3) is 0. The Kier molecular flexibility index (Phi) is 7.35. The lowest BCUT2D eigenvalue weighted by Crippen LogP contribution is -2.09. The molecule has 11 rings (SSSR count). The molecule has 9 aromatic carbocycles. The molecule has 0 radical (unpaired) electrons. The molecule has 0 N–H and O–H groups in total. The molecule has 258 valence electrons. The Labute approximate surface area is 322 Å². The Morgan fingerprint density at radius 2 is 1.00 bits per heavy atom. The molecule has 2 aromatic heterocycles. The van der Waals surface area contributed by atoms with Crippen LogP contribution in [-0.4, -0.2) is 4.98 Å². The summed E-state index contributed by atoms with van der Waals surface area (Å²) in [6, 6.07) is 69.3. The summed E-state index contributed by atoms with van der Waals surface area (Å²) in [5.41, 5.74) is 10.8. The van der Waals surface area contributed by atoms with Gasteiger partial charge in [0.1, 0.15) is 5.52 Å². The molecular formula is C51H32N2OS. The first kappa shape index (κ1) is 31.5. The van der Waals surface area contributed by atoms with Gasteiger partial charge in [0.05, 0.1) is 0 Å². The largest absolute Gasteiger partial charge is 0.436 e. The molecule has 0 aliphatic heterocycles. The topological polar surface area (TPSA) is 29.3 Å².